The number of aromatic nitrogens is 1. The largest absolute Gasteiger partial charge is 0.497 e. The molecule has 1 fully saturated rings. The number of nitrogens with zero attached hydrogens (tertiary/aromatic N) is 3. The quantitative estimate of drug-likeness (QED) is 0.283. The fourth-order valence-corrected chi connectivity index (χ4v) is 6.63. The van der Waals surface area contributed by atoms with Crippen LogP contribution in [-0.2, 0) is 11.3 Å². The Kier molecular flexibility index (Phi) is 11.1. The van der Waals surface area contributed by atoms with E-state index in [9.17, 15) is 14.7 Å². The molecule has 2 heterocycles. The van der Waals surface area contributed by atoms with Gasteiger partial charge in [-0.3, -0.25) is 14.3 Å². The van der Waals surface area contributed by atoms with Gasteiger partial charge < -0.3 is 19.3 Å². The number of ether oxygens (including phenoxy) is 1. The third-order valence-corrected chi connectivity index (χ3v) is 10.0. The van der Waals surface area contributed by atoms with Gasteiger partial charge in [-0.1, -0.05) is 39.2 Å². The predicted octanol–water partition coefficient (Wildman–Crippen LogP) is 6.45. The number of carbonyl (C=O) groups is 2. The van der Waals surface area contributed by atoms with Crippen molar-refractivity contribution in [2.75, 3.05) is 34.9 Å². The number of aliphatic hydroxyl groups is 1. The first kappa shape index (κ1) is 33.5. The Labute approximate surface area is 264 Å². The first-order chi connectivity index (χ1) is 21.1. The lowest BCUT2D eigenvalue weighted by atomic mass is 9.81. The monoisotopic (exact) mass is 620 g/mol. The minimum atomic E-state index is -0.660. The number of likely N-dealkylation sites (N-methyl/N-ethyl adjacent to an activating group) is 1. The summed E-state index contributed by atoms with van der Waals surface area (Å²) in [5.74, 6) is 4.85. The molecule has 238 valence electrons. The maximum Gasteiger partial charge on any atom is 0.261 e. The van der Waals surface area contributed by atoms with E-state index >= 15 is 0 Å². The van der Waals surface area contributed by atoms with Crippen LogP contribution in [0.1, 0.15) is 80.3 Å². The fourth-order valence-electron chi connectivity index (χ4n) is 6.12. The number of benzene rings is 2. The van der Waals surface area contributed by atoms with Crippen molar-refractivity contribution in [3.05, 3.63) is 58.7 Å². The Bertz CT molecular complexity index is 1570. The Balaban J connectivity index is 0.00000216. The molecule has 1 saturated carbocycles. The van der Waals surface area contributed by atoms with Gasteiger partial charge in [0.05, 0.1) is 32.0 Å². The summed E-state index contributed by atoms with van der Waals surface area (Å²) in [4.78, 5) is 28.8. The number of aliphatic hydroxyl groups excluding tert-OH is 1. The molecule has 1 aliphatic carbocycles. The van der Waals surface area contributed by atoms with Crippen LogP contribution in [0, 0.1) is 0 Å². The zero-order valence-corrected chi connectivity index (χ0v) is 28.1. The van der Waals surface area contributed by atoms with Gasteiger partial charge in [0, 0.05) is 34.7 Å². The molecule has 3 aromatic rings. The summed E-state index contributed by atoms with van der Waals surface area (Å²) in [6.07, 6.45) is 7.82. The van der Waals surface area contributed by atoms with Gasteiger partial charge in [-0.2, -0.15) is 0 Å². The van der Waals surface area contributed by atoms with Gasteiger partial charge in [0.1, 0.15) is 5.75 Å². The number of amides is 2. The van der Waals surface area contributed by atoms with Crippen LogP contribution in [0.3, 0.4) is 0 Å². The highest BCUT2D eigenvalue weighted by atomic mass is 32.2. The fraction of sp³-hybridized carbons (Fsp3) is 0.457. The molecule has 2 aromatic carbocycles. The van der Waals surface area contributed by atoms with E-state index in [1.54, 1.807) is 19.1 Å². The highest BCUT2D eigenvalue weighted by molar-refractivity contribution is 8.10. The summed E-state index contributed by atoms with van der Waals surface area (Å²) in [6.45, 7) is 6.06. The SMILES string of the molecule is C=S(NC(=O)c1ccc2c(C3CCCCC3)c3n(c2c1)CC(C(=O)N(C)[C@H](C)CO)=Cc1cc(OC)ccc1-3)N(C)C.CC. The van der Waals surface area contributed by atoms with Crippen molar-refractivity contribution in [1.29, 1.82) is 0 Å². The summed E-state index contributed by atoms with van der Waals surface area (Å²) in [5.41, 5.74) is 6.48. The van der Waals surface area contributed by atoms with E-state index in [0.717, 1.165) is 46.3 Å². The number of hydrogen-bond donors (Lipinski definition) is 2. The number of rotatable bonds is 8. The van der Waals surface area contributed by atoms with E-state index < -0.39 is 10.9 Å². The summed E-state index contributed by atoms with van der Waals surface area (Å²) in [6, 6.07) is 11.7. The van der Waals surface area contributed by atoms with Crippen LogP contribution < -0.4 is 9.46 Å². The van der Waals surface area contributed by atoms with E-state index in [-0.39, 0.29) is 24.5 Å². The van der Waals surface area contributed by atoms with Crippen molar-refractivity contribution in [2.45, 2.75) is 71.4 Å². The van der Waals surface area contributed by atoms with Crippen molar-refractivity contribution in [3.63, 3.8) is 0 Å². The van der Waals surface area contributed by atoms with Crippen LogP contribution in [0.5, 0.6) is 5.75 Å². The van der Waals surface area contributed by atoms with E-state index in [4.69, 9.17) is 4.74 Å². The second-order valence-corrected chi connectivity index (χ2v) is 13.3. The Morgan fingerprint density at radius 2 is 1.82 bits per heavy atom. The van der Waals surface area contributed by atoms with Gasteiger partial charge in [0.25, 0.3) is 11.8 Å². The molecule has 2 N–H and O–H groups in total. The first-order valence-electron chi connectivity index (χ1n) is 15.6. The molecule has 0 saturated heterocycles. The van der Waals surface area contributed by atoms with Crippen LogP contribution >= 0.6 is 10.9 Å². The molecule has 44 heavy (non-hydrogen) atoms. The maximum atomic E-state index is 13.9. The Morgan fingerprint density at radius 1 is 1.11 bits per heavy atom. The first-order valence-corrected chi connectivity index (χ1v) is 16.9. The average molecular weight is 621 g/mol. The Hall–Kier alpha value is -3.40. The van der Waals surface area contributed by atoms with E-state index in [2.05, 4.69) is 27.3 Å². The molecule has 1 unspecified atom stereocenters. The summed E-state index contributed by atoms with van der Waals surface area (Å²) >= 11 is 0. The van der Waals surface area contributed by atoms with Crippen molar-refractivity contribution in [3.8, 4) is 17.0 Å². The molecular weight excluding hydrogens is 572 g/mol. The lowest BCUT2D eigenvalue weighted by molar-refractivity contribution is -0.128. The smallest absolute Gasteiger partial charge is 0.261 e. The van der Waals surface area contributed by atoms with Gasteiger partial charge in [0.2, 0.25) is 0 Å². The van der Waals surface area contributed by atoms with Gasteiger partial charge in [0.15, 0.2) is 0 Å². The van der Waals surface area contributed by atoms with Crippen LogP contribution in [0.4, 0.5) is 0 Å². The number of fused-ring (bicyclic) bond motifs is 5. The van der Waals surface area contributed by atoms with E-state index in [1.165, 1.54) is 24.8 Å². The van der Waals surface area contributed by atoms with Gasteiger partial charge in [-0.15, -0.1) is 0 Å². The molecule has 2 atom stereocenters. The standard InChI is InChI=1S/C33H42N4O4S.C2H6/c1-21(20-38)36(4)33(40)25-16-24-17-26(41-5)13-15-27(24)31-30(22-10-8-7-9-11-22)28-14-12-23(18-29(28)37(31)19-25)32(39)34-42(6)35(2)3;1-2/h12-18,21-22,38H,6-11,19-20H2,1-5H3,(H,34,39);1-2H3/t21-,42?;/m1./s1. The minimum Gasteiger partial charge on any atom is -0.497 e. The number of methoxy groups -OCH3 is 1. The van der Waals surface area contributed by atoms with Crippen molar-refractivity contribution in [2.24, 2.45) is 0 Å². The predicted molar refractivity (Wildman–Crippen MR) is 184 cm³/mol. The third kappa shape index (κ3) is 6.65. The summed E-state index contributed by atoms with van der Waals surface area (Å²) in [7, 11) is 6.48. The molecule has 0 spiro atoms. The van der Waals surface area contributed by atoms with Crippen LogP contribution in [0.2, 0.25) is 0 Å². The van der Waals surface area contributed by atoms with Crippen LogP contribution in [0.15, 0.2) is 42.0 Å². The molecular formula is C35H48N4O4S. The summed E-state index contributed by atoms with van der Waals surface area (Å²) < 4.78 is 12.7. The zero-order valence-electron chi connectivity index (χ0n) is 27.3. The molecule has 8 nitrogen and oxygen atoms in total. The molecule has 0 bridgehead atoms. The molecule has 2 amide bonds. The average Bonchev–Trinajstić information content (AvgIpc) is 3.26. The normalized spacial score (nSPS) is 16.1. The second kappa shape index (κ2) is 14.6. The van der Waals surface area contributed by atoms with E-state index in [0.29, 0.717) is 23.6 Å². The molecule has 2 aliphatic rings. The number of carbonyl (C=O) groups excluding carboxylic acids is 2. The molecule has 1 aromatic heterocycles. The third-order valence-electron chi connectivity index (χ3n) is 8.72. The number of nitrogens with one attached hydrogen (secondary N) is 1. The Morgan fingerprint density at radius 3 is 2.45 bits per heavy atom. The zero-order chi connectivity index (χ0) is 32.1. The van der Waals surface area contributed by atoms with Crippen LogP contribution in [-0.4, -0.2) is 77.5 Å². The van der Waals surface area contributed by atoms with Gasteiger partial charge in [-0.25, -0.2) is 4.31 Å². The number of hydrogen-bond acceptors (Lipinski definition) is 5. The highest BCUT2D eigenvalue weighted by Crippen LogP contribution is 2.47. The van der Waals surface area contributed by atoms with Crippen molar-refractivity contribution >= 4 is 45.5 Å². The molecule has 0 radical (unpaired) electrons. The van der Waals surface area contributed by atoms with Gasteiger partial charge in [-0.05, 0) is 104 Å². The molecule has 1 aliphatic heterocycles. The molecule has 5 rings (SSSR count). The topological polar surface area (TPSA) is 87.0 Å². The maximum absolute atomic E-state index is 13.9. The van der Waals surface area contributed by atoms with Crippen LogP contribution in [0.25, 0.3) is 28.2 Å². The summed E-state index contributed by atoms with van der Waals surface area (Å²) in [5, 5.41) is 10.9. The minimum absolute atomic E-state index is 0.122. The van der Waals surface area contributed by atoms with E-state index in [1.807, 2.05) is 69.5 Å². The lowest BCUT2D eigenvalue weighted by Gasteiger charge is -2.25. The highest BCUT2D eigenvalue weighted by Gasteiger charge is 2.31. The van der Waals surface area contributed by atoms with Gasteiger partial charge >= 0.3 is 0 Å². The van der Waals surface area contributed by atoms with Crippen molar-refractivity contribution < 1.29 is 19.4 Å². The lowest BCUT2D eigenvalue weighted by Crippen LogP contribution is -2.38. The second-order valence-electron chi connectivity index (χ2n) is 11.6. The van der Waals surface area contributed by atoms with Crippen molar-refractivity contribution in [1.82, 2.24) is 18.5 Å². The molecule has 9 heteroatoms.